The molecule has 1 saturated carbocycles. The third-order valence-electron chi connectivity index (χ3n) is 3.83. The van der Waals surface area contributed by atoms with Crippen LogP contribution in [0.2, 0.25) is 0 Å². The minimum absolute atomic E-state index is 0.144. The van der Waals surface area contributed by atoms with Crippen LogP contribution in [0.25, 0.3) is 0 Å². The van der Waals surface area contributed by atoms with Gasteiger partial charge in [0.15, 0.2) is 0 Å². The number of carboxylic acids is 2. The molecule has 6 nitrogen and oxygen atoms in total. The van der Waals surface area contributed by atoms with E-state index < -0.39 is 35.8 Å². The summed E-state index contributed by atoms with van der Waals surface area (Å²) in [5, 5.41) is 18.2. The van der Waals surface area contributed by atoms with Crippen molar-refractivity contribution in [2.24, 2.45) is 17.8 Å². The predicted molar refractivity (Wildman–Crippen MR) is 70.0 cm³/mol. The molecule has 4 unspecified atom stereocenters. The Labute approximate surface area is 117 Å². The number of carbonyl (C=O) groups excluding carboxylic acids is 1. The van der Waals surface area contributed by atoms with Crippen LogP contribution in [0.3, 0.4) is 0 Å². The third kappa shape index (κ3) is 3.82. The summed E-state index contributed by atoms with van der Waals surface area (Å²) in [6.07, 6.45) is 0.574. The summed E-state index contributed by atoms with van der Waals surface area (Å²) in [6.45, 7) is 6.72. The minimum Gasteiger partial charge on any atom is -0.481 e. The van der Waals surface area contributed by atoms with Crippen molar-refractivity contribution in [1.29, 1.82) is 0 Å². The molecule has 0 heterocycles. The van der Waals surface area contributed by atoms with Crippen molar-refractivity contribution in [1.82, 2.24) is 0 Å². The molecule has 0 saturated heterocycles. The maximum absolute atomic E-state index is 11.5. The van der Waals surface area contributed by atoms with E-state index in [1.165, 1.54) is 6.92 Å². The molecule has 1 fully saturated rings. The minimum atomic E-state index is -1.11. The zero-order valence-electron chi connectivity index (χ0n) is 11.7. The van der Waals surface area contributed by atoms with Crippen molar-refractivity contribution in [3.63, 3.8) is 0 Å². The third-order valence-corrected chi connectivity index (χ3v) is 3.83. The zero-order chi connectivity index (χ0) is 15.4. The van der Waals surface area contributed by atoms with E-state index in [0.717, 1.165) is 0 Å². The molecule has 1 aliphatic carbocycles. The Morgan fingerprint density at radius 2 is 1.70 bits per heavy atom. The van der Waals surface area contributed by atoms with E-state index >= 15 is 0 Å². The lowest BCUT2D eigenvalue weighted by atomic mass is 9.72. The molecule has 0 spiro atoms. The van der Waals surface area contributed by atoms with Gasteiger partial charge >= 0.3 is 17.9 Å². The predicted octanol–water partition coefficient (Wildman–Crippen LogP) is 1.70. The van der Waals surface area contributed by atoms with Crippen molar-refractivity contribution in [3.05, 3.63) is 12.2 Å². The first-order valence-corrected chi connectivity index (χ1v) is 6.56. The van der Waals surface area contributed by atoms with Crippen LogP contribution >= 0.6 is 0 Å². The molecule has 6 heteroatoms. The molecule has 0 amide bonds. The first-order chi connectivity index (χ1) is 9.23. The second-order valence-corrected chi connectivity index (χ2v) is 5.35. The first kappa shape index (κ1) is 16.2. The van der Waals surface area contributed by atoms with Crippen molar-refractivity contribution < 1.29 is 29.3 Å². The summed E-state index contributed by atoms with van der Waals surface area (Å²) in [7, 11) is 0. The van der Waals surface area contributed by atoms with Gasteiger partial charge < -0.3 is 14.9 Å². The van der Waals surface area contributed by atoms with E-state index in [-0.39, 0.29) is 24.3 Å². The summed E-state index contributed by atoms with van der Waals surface area (Å²) >= 11 is 0. The molecule has 0 aliphatic heterocycles. The fraction of sp³-hybridized carbons (Fsp3) is 0.643. The summed E-state index contributed by atoms with van der Waals surface area (Å²) in [6, 6.07) is 0. The number of hydrogen-bond donors (Lipinski definition) is 2. The van der Waals surface area contributed by atoms with Gasteiger partial charge in [-0.2, -0.15) is 0 Å². The van der Waals surface area contributed by atoms with Crippen molar-refractivity contribution in [2.45, 2.75) is 39.2 Å². The maximum atomic E-state index is 11.5. The van der Waals surface area contributed by atoms with Gasteiger partial charge in [0, 0.05) is 5.57 Å². The Morgan fingerprint density at radius 3 is 2.15 bits per heavy atom. The summed E-state index contributed by atoms with van der Waals surface area (Å²) in [5.74, 6) is -4.65. The molecule has 0 aromatic heterocycles. The number of aliphatic carboxylic acids is 2. The van der Waals surface area contributed by atoms with Crippen LogP contribution < -0.4 is 0 Å². The van der Waals surface area contributed by atoms with Gasteiger partial charge in [0.2, 0.25) is 0 Å². The van der Waals surface area contributed by atoms with E-state index in [1.807, 2.05) is 0 Å². The standard InChI is InChI=1S/C14H20O6/c1-7(2)14(19)20-8(3)9-4-5-10(12(15)16)11(6-9)13(17)18/h8-11H,1,4-6H2,2-3H3,(H,15,16)(H,17,18). The van der Waals surface area contributed by atoms with Crippen LogP contribution in [0.5, 0.6) is 0 Å². The molecule has 112 valence electrons. The van der Waals surface area contributed by atoms with Gasteiger partial charge in [-0.15, -0.1) is 0 Å². The van der Waals surface area contributed by atoms with Crippen LogP contribution in [0.4, 0.5) is 0 Å². The van der Waals surface area contributed by atoms with Crippen molar-refractivity contribution in [2.75, 3.05) is 0 Å². The summed E-state index contributed by atoms with van der Waals surface area (Å²) in [5.41, 5.74) is 0.283. The summed E-state index contributed by atoms with van der Waals surface area (Å²) < 4.78 is 5.20. The van der Waals surface area contributed by atoms with Gasteiger partial charge in [-0.05, 0) is 39.0 Å². The average Bonchev–Trinajstić information content (AvgIpc) is 2.37. The normalized spacial score (nSPS) is 27.4. The van der Waals surface area contributed by atoms with Crippen LogP contribution in [-0.2, 0) is 19.1 Å². The van der Waals surface area contributed by atoms with Gasteiger partial charge in [0.05, 0.1) is 11.8 Å². The number of hydrogen-bond acceptors (Lipinski definition) is 4. The lowest BCUT2D eigenvalue weighted by Crippen LogP contribution is -2.39. The number of rotatable bonds is 5. The summed E-state index contributed by atoms with van der Waals surface area (Å²) in [4.78, 5) is 33.7. The SMILES string of the molecule is C=C(C)C(=O)OC(C)C1CCC(C(=O)O)C(C(=O)O)C1. The van der Waals surface area contributed by atoms with Gasteiger partial charge in [-0.3, -0.25) is 9.59 Å². The maximum Gasteiger partial charge on any atom is 0.333 e. The number of carboxylic acid groups (broad SMARTS) is 2. The van der Waals surface area contributed by atoms with Crippen LogP contribution in [0, 0.1) is 17.8 Å². The van der Waals surface area contributed by atoms with E-state index in [0.29, 0.717) is 6.42 Å². The van der Waals surface area contributed by atoms with Gasteiger partial charge in [-0.1, -0.05) is 6.58 Å². The van der Waals surface area contributed by atoms with Crippen molar-refractivity contribution in [3.8, 4) is 0 Å². The highest BCUT2D eigenvalue weighted by atomic mass is 16.5. The lowest BCUT2D eigenvalue weighted by molar-refractivity contribution is -0.159. The highest BCUT2D eigenvalue weighted by molar-refractivity contribution is 5.87. The highest BCUT2D eigenvalue weighted by Gasteiger charge is 2.41. The van der Waals surface area contributed by atoms with Gasteiger partial charge in [-0.25, -0.2) is 4.79 Å². The molecule has 1 aliphatic rings. The van der Waals surface area contributed by atoms with Gasteiger partial charge in [0.1, 0.15) is 6.10 Å². The van der Waals surface area contributed by atoms with E-state index in [2.05, 4.69) is 6.58 Å². The first-order valence-electron chi connectivity index (χ1n) is 6.56. The Morgan fingerprint density at radius 1 is 1.15 bits per heavy atom. The molecule has 1 rings (SSSR count). The Hall–Kier alpha value is -1.85. The largest absolute Gasteiger partial charge is 0.481 e. The van der Waals surface area contributed by atoms with E-state index in [4.69, 9.17) is 14.9 Å². The molecule has 4 atom stereocenters. The molecule has 0 aromatic rings. The smallest absolute Gasteiger partial charge is 0.333 e. The molecular formula is C14H20O6. The molecule has 0 aromatic carbocycles. The fourth-order valence-corrected chi connectivity index (χ4v) is 2.56. The highest BCUT2D eigenvalue weighted by Crippen LogP contribution is 2.37. The van der Waals surface area contributed by atoms with Crippen LogP contribution in [0.15, 0.2) is 12.2 Å². The van der Waals surface area contributed by atoms with Crippen LogP contribution in [0.1, 0.15) is 33.1 Å². The fourth-order valence-electron chi connectivity index (χ4n) is 2.56. The molecule has 0 radical (unpaired) electrons. The molecular weight excluding hydrogens is 264 g/mol. The zero-order valence-corrected chi connectivity index (χ0v) is 11.7. The monoisotopic (exact) mass is 284 g/mol. The quantitative estimate of drug-likeness (QED) is 0.588. The molecule has 0 bridgehead atoms. The second-order valence-electron chi connectivity index (χ2n) is 5.35. The lowest BCUT2D eigenvalue weighted by Gasteiger charge is -2.34. The molecule has 20 heavy (non-hydrogen) atoms. The van der Waals surface area contributed by atoms with E-state index in [9.17, 15) is 14.4 Å². The Balaban J connectivity index is 2.71. The average molecular weight is 284 g/mol. The molecule has 2 N–H and O–H groups in total. The number of esters is 1. The Bertz CT molecular complexity index is 427. The number of ether oxygens (including phenoxy) is 1. The van der Waals surface area contributed by atoms with Gasteiger partial charge in [0.25, 0.3) is 0 Å². The topological polar surface area (TPSA) is 101 Å². The van der Waals surface area contributed by atoms with Crippen molar-refractivity contribution >= 4 is 17.9 Å². The number of carbonyl (C=O) groups is 3. The Kier molecular flexibility index (Phi) is 5.30. The van der Waals surface area contributed by atoms with Crippen LogP contribution in [-0.4, -0.2) is 34.2 Å². The van der Waals surface area contributed by atoms with E-state index in [1.54, 1.807) is 6.92 Å². The second kappa shape index (κ2) is 6.54.